The highest BCUT2D eigenvalue weighted by molar-refractivity contribution is 6.04. The van der Waals surface area contributed by atoms with E-state index >= 15 is 0 Å². The number of phenolic OH excluding ortho intramolecular Hbond substituents is 1. The van der Waals surface area contributed by atoms with Gasteiger partial charge in [-0.1, -0.05) is 35.9 Å². The van der Waals surface area contributed by atoms with Crippen molar-refractivity contribution in [3.05, 3.63) is 88.5 Å². The van der Waals surface area contributed by atoms with Crippen LogP contribution in [0.5, 0.6) is 17.2 Å². The number of carbonyl (C=O) groups excluding carboxylic acids is 1. The number of carbonyl (C=O) groups is 1. The number of ether oxygens (including phenoxy) is 3. The van der Waals surface area contributed by atoms with E-state index in [1.165, 1.54) is 7.11 Å². The molecule has 0 fully saturated rings. The van der Waals surface area contributed by atoms with Gasteiger partial charge in [0.15, 0.2) is 11.5 Å². The fourth-order valence-corrected chi connectivity index (χ4v) is 4.41. The van der Waals surface area contributed by atoms with Gasteiger partial charge in [0, 0.05) is 23.1 Å². The van der Waals surface area contributed by atoms with Crippen molar-refractivity contribution in [2.75, 3.05) is 14.2 Å². The number of hydrogen-bond donors (Lipinski definition) is 1. The van der Waals surface area contributed by atoms with Gasteiger partial charge in [-0.3, -0.25) is 0 Å². The Bertz CT molecular complexity index is 1250. The third-order valence-corrected chi connectivity index (χ3v) is 6.08. The van der Waals surface area contributed by atoms with Gasteiger partial charge >= 0.3 is 5.97 Å². The number of methoxy groups -OCH3 is 2. The van der Waals surface area contributed by atoms with Crippen molar-refractivity contribution in [2.24, 2.45) is 5.10 Å². The number of fused-ring (bicyclic) bond motifs is 3. The quantitative estimate of drug-likeness (QED) is 0.586. The van der Waals surface area contributed by atoms with Gasteiger partial charge in [-0.05, 0) is 37.3 Å². The number of phenols is 1. The summed E-state index contributed by atoms with van der Waals surface area (Å²) in [5, 5.41) is 17.3. The molecule has 0 radical (unpaired) electrons. The largest absolute Gasteiger partial charge is 0.507 e. The molecule has 0 aliphatic carbocycles. The third kappa shape index (κ3) is 3.55. The molecule has 33 heavy (non-hydrogen) atoms. The third-order valence-electron chi connectivity index (χ3n) is 6.08. The summed E-state index contributed by atoms with van der Waals surface area (Å²) < 4.78 is 16.8. The maximum absolute atomic E-state index is 11.9. The fraction of sp³-hybridized carbons (Fsp3) is 0.231. The van der Waals surface area contributed by atoms with Gasteiger partial charge in [-0.25, -0.2) is 9.80 Å². The Hall–Kier alpha value is -4.00. The number of aryl methyl sites for hydroxylation is 1. The molecule has 2 aliphatic rings. The Morgan fingerprint density at radius 3 is 2.64 bits per heavy atom. The minimum Gasteiger partial charge on any atom is -0.507 e. The van der Waals surface area contributed by atoms with Gasteiger partial charge in [0.2, 0.25) is 6.23 Å². The highest BCUT2D eigenvalue weighted by Gasteiger charge is 2.42. The SMILES string of the molecule is COC(=O)c1ccc(C2Oc3c(OC)cccc3C3CC(c4cc(C)ccc4O)=NN32)cc1. The van der Waals surface area contributed by atoms with Crippen LogP contribution in [0, 0.1) is 6.92 Å². The minimum absolute atomic E-state index is 0.0935. The second-order valence-electron chi connectivity index (χ2n) is 8.13. The van der Waals surface area contributed by atoms with E-state index < -0.39 is 12.2 Å². The normalized spacial score (nSPS) is 18.6. The summed E-state index contributed by atoms with van der Waals surface area (Å²) >= 11 is 0. The van der Waals surface area contributed by atoms with Gasteiger partial charge in [-0.2, -0.15) is 5.10 Å². The van der Waals surface area contributed by atoms with Gasteiger partial charge in [0.05, 0.1) is 31.5 Å². The number of nitrogens with zero attached hydrogens (tertiary/aromatic N) is 2. The average molecular weight is 444 g/mol. The van der Waals surface area contributed by atoms with Crippen LogP contribution in [0.1, 0.15) is 51.3 Å². The molecule has 0 spiro atoms. The van der Waals surface area contributed by atoms with E-state index in [1.807, 2.05) is 54.4 Å². The highest BCUT2D eigenvalue weighted by atomic mass is 16.5. The molecule has 1 N–H and O–H groups in total. The maximum atomic E-state index is 11.9. The first-order valence-corrected chi connectivity index (χ1v) is 10.7. The van der Waals surface area contributed by atoms with Crippen molar-refractivity contribution >= 4 is 11.7 Å². The summed E-state index contributed by atoms with van der Waals surface area (Å²) in [4.78, 5) is 11.9. The van der Waals surface area contributed by atoms with Crippen molar-refractivity contribution < 1.29 is 24.1 Å². The van der Waals surface area contributed by atoms with Crippen LogP contribution >= 0.6 is 0 Å². The van der Waals surface area contributed by atoms with Crippen LogP contribution in [0.4, 0.5) is 0 Å². The molecule has 0 aromatic heterocycles. The van der Waals surface area contributed by atoms with Crippen molar-refractivity contribution in [3.8, 4) is 17.2 Å². The zero-order valence-corrected chi connectivity index (χ0v) is 18.6. The number of aromatic hydroxyl groups is 1. The van der Waals surface area contributed by atoms with Crippen LogP contribution in [0.15, 0.2) is 65.8 Å². The molecule has 0 saturated carbocycles. The molecule has 2 heterocycles. The van der Waals surface area contributed by atoms with Gasteiger partial charge in [0.1, 0.15) is 5.75 Å². The summed E-state index contributed by atoms with van der Waals surface area (Å²) in [6.07, 6.45) is 0.0760. The molecule has 3 aromatic rings. The van der Waals surface area contributed by atoms with Crippen molar-refractivity contribution in [1.82, 2.24) is 5.01 Å². The second kappa shape index (κ2) is 8.16. The van der Waals surface area contributed by atoms with Crippen LogP contribution in [0.2, 0.25) is 0 Å². The Balaban J connectivity index is 1.60. The zero-order valence-electron chi connectivity index (χ0n) is 18.6. The first kappa shape index (κ1) is 20.9. The lowest BCUT2D eigenvalue weighted by Crippen LogP contribution is -2.33. The van der Waals surface area contributed by atoms with E-state index in [2.05, 4.69) is 0 Å². The van der Waals surface area contributed by atoms with E-state index in [9.17, 15) is 9.90 Å². The molecule has 0 amide bonds. The monoisotopic (exact) mass is 444 g/mol. The summed E-state index contributed by atoms with van der Waals surface area (Å²) in [5.41, 5.74) is 4.82. The number of hydrazone groups is 1. The summed E-state index contributed by atoms with van der Waals surface area (Å²) in [6.45, 7) is 1.99. The summed E-state index contributed by atoms with van der Waals surface area (Å²) in [6, 6.07) is 18.3. The van der Waals surface area contributed by atoms with Crippen LogP contribution in [0.3, 0.4) is 0 Å². The predicted octanol–water partition coefficient (Wildman–Crippen LogP) is 4.74. The lowest BCUT2D eigenvalue weighted by Gasteiger charge is -2.38. The van der Waals surface area contributed by atoms with Crippen LogP contribution in [-0.2, 0) is 4.74 Å². The van der Waals surface area contributed by atoms with E-state index in [4.69, 9.17) is 19.3 Å². The smallest absolute Gasteiger partial charge is 0.337 e. The molecule has 2 aliphatic heterocycles. The van der Waals surface area contributed by atoms with E-state index in [-0.39, 0.29) is 11.8 Å². The van der Waals surface area contributed by atoms with Crippen LogP contribution < -0.4 is 9.47 Å². The number of rotatable bonds is 4. The molecule has 0 saturated heterocycles. The molecule has 3 aromatic carbocycles. The van der Waals surface area contributed by atoms with Gasteiger partial charge < -0.3 is 19.3 Å². The maximum Gasteiger partial charge on any atom is 0.337 e. The molecule has 0 bridgehead atoms. The summed E-state index contributed by atoms with van der Waals surface area (Å²) in [5.74, 6) is 1.13. The van der Waals surface area contributed by atoms with E-state index in [1.54, 1.807) is 25.3 Å². The second-order valence-corrected chi connectivity index (χ2v) is 8.13. The van der Waals surface area contributed by atoms with Crippen LogP contribution in [0.25, 0.3) is 0 Å². The molecule has 7 heteroatoms. The average Bonchev–Trinajstić information content (AvgIpc) is 3.29. The lowest BCUT2D eigenvalue weighted by atomic mass is 9.94. The topological polar surface area (TPSA) is 80.6 Å². The van der Waals surface area contributed by atoms with E-state index in [0.717, 1.165) is 22.4 Å². The van der Waals surface area contributed by atoms with Crippen LogP contribution in [-0.4, -0.2) is 36.0 Å². The molecular formula is C26H24N2O5. The minimum atomic E-state index is -0.532. The van der Waals surface area contributed by atoms with Crippen molar-refractivity contribution in [2.45, 2.75) is 25.6 Å². The Labute approximate surface area is 191 Å². The molecule has 168 valence electrons. The number of para-hydroxylation sites is 1. The van der Waals surface area contributed by atoms with Gasteiger partial charge in [-0.15, -0.1) is 0 Å². The first-order chi connectivity index (χ1) is 16.0. The van der Waals surface area contributed by atoms with E-state index in [0.29, 0.717) is 29.0 Å². The standard InChI is InChI=1S/C26H24N2O5/c1-15-7-12-22(29)19(13-15)20-14-21-18-5-4-6-23(31-2)24(18)33-25(28(21)27-20)16-8-10-17(11-9-16)26(30)32-3/h4-13,21,25,29H,14H2,1-3H3. The number of esters is 1. The van der Waals surface area contributed by atoms with Gasteiger partial charge in [0.25, 0.3) is 0 Å². The molecule has 7 nitrogen and oxygen atoms in total. The molecule has 2 unspecified atom stereocenters. The predicted molar refractivity (Wildman–Crippen MR) is 123 cm³/mol. The Morgan fingerprint density at radius 2 is 1.91 bits per heavy atom. The lowest BCUT2D eigenvalue weighted by molar-refractivity contribution is -0.0209. The zero-order chi connectivity index (χ0) is 23.1. The fourth-order valence-electron chi connectivity index (χ4n) is 4.41. The highest BCUT2D eigenvalue weighted by Crippen LogP contribution is 2.51. The Kier molecular flexibility index (Phi) is 5.17. The van der Waals surface area contributed by atoms with Crippen molar-refractivity contribution in [1.29, 1.82) is 0 Å². The number of hydrogen-bond acceptors (Lipinski definition) is 7. The summed E-state index contributed by atoms with van der Waals surface area (Å²) in [7, 11) is 2.97. The van der Waals surface area contributed by atoms with Crippen molar-refractivity contribution in [3.63, 3.8) is 0 Å². The molecule has 5 rings (SSSR count). The number of benzene rings is 3. The first-order valence-electron chi connectivity index (χ1n) is 10.7. The molecule has 2 atom stereocenters. The Morgan fingerprint density at radius 1 is 1.12 bits per heavy atom. The molecular weight excluding hydrogens is 420 g/mol.